The number of amides is 1. The van der Waals surface area contributed by atoms with E-state index in [0.29, 0.717) is 12.2 Å². The van der Waals surface area contributed by atoms with E-state index in [0.717, 1.165) is 22.3 Å². The van der Waals surface area contributed by atoms with Crippen molar-refractivity contribution in [2.75, 3.05) is 7.11 Å². The molecule has 0 fully saturated rings. The van der Waals surface area contributed by atoms with Crippen LogP contribution in [0.15, 0.2) is 77.7 Å². The van der Waals surface area contributed by atoms with E-state index in [9.17, 15) is 13.2 Å². The van der Waals surface area contributed by atoms with Gasteiger partial charge in [0.25, 0.3) is 0 Å². The van der Waals surface area contributed by atoms with Crippen LogP contribution in [0.3, 0.4) is 0 Å². The third-order valence-corrected chi connectivity index (χ3v) is 7.60. The summed E-state index contributed by atoms with van der Waals surface area (Å²) in [5.74, 6) is 0.340. The first kappa shape index (κ1) is 22.0. The molecule has 1 aliphatic heterocycles. The molecule has 6 nitrogen and oxygen atoms in total. The number of para-hydroxylation sites is 1. The van der Waals surface area contributed by atoms with Crippen molar-refractivity contribution in [3.05, 3.63) is 95.1 Å². The van der Waals surface area contributed by atoms with Crippen molar-refractivity contribution >= 4 is 15.9 Å². The Morgan fingerprint density at radius 1 is 1.03 bits per heavy atom. The molecule has 7 heteroatoms. The Hall–Kier alpha value is -3.16. The Bertz CT molecular complexity index is 1240. The number of hydrogen-bond donors (Lipinski definition) is 1. The maximum absolute atomic E-state index is 13.6. The van der Waals surface area contributed by atoms with Gasteiger partial charge in [-0.25, -0.2) is 8.42 Å². The second kappa shape index (κ2) is 9.14. The Kier molecular flexibility index (Phi) is 6.30. The van der Waals surface area contributed by atoms with E-state index >= 15 is 0 Å². The number of carbonyl (C=O) groups is 1. The highest BCUT2D eigenvalue weighted by Crippen LogP contribution is 2.29. The van der Waals surface area contributed by atoms with Crippen LogP contribution in [0, 0.1) is 6.92 Å². The molecule has 0 aliphatic carbocycles. The summed E-state index contributed by atoms with van der Waals surface area (Å²) >= 11 is 0. The van der Waals surface area contributed by atoms with Gasteiger partial charge in [-0.05, 0) is 48.2 Å². The molecule has 166 valence electrons. The van der Waals surface area contributed by atoms with Gasteiger partial charge in [0, 0.05) is 18.7 Å². The minimum Gasteiger partial charge on any atom is -0.496 e. The van der Waals surface area contributed by atoms with Crippen LogP contribution in [0.5, 0.6) is 5.75 Å². The van der Waals surface area contributed by atoms with Crippen LogP contribution in [0.4, 0.5) is 0 Å². The fourth-order valence-corrected chi connectivity index (χ4v) is 5.71. The van der Waals surface area contributed by atoms with Crippen LogP contribution in [-0.4, -0.2) is 31.8 Å². The average Bonchev–Trinajstić information content (AvgIpc) is 2.81. The summed E-state index contributed by atoms with van der Waals surface area (Å²) in [6, 6.07) is 21.0. The van der Waals surface area contributed by atoms with Crippen molar-refractivity contribution in [3.63, 3.8) is 0 Å². The first-order valence-electron chi connectivity index (χ1n) is 10.4. The number of hydrogen-bond acceptors (Lipinski definition) is 4. The maximum atomic E-state index is 13.6. The topological polar surface area (TPSA) is 75.7 Å². The Balaban J connectivity index is 1.65. The summed E-state index contributed by atoms with van der Waals surface area (Å²) in [5.41, 5.74) is 3.58. The zero-order valence-corrected chi connectivity index (χ0v) is 18.9. The van der Waals surface area contributed by atoms with E-state index < -0.39 is 16.1 Å². The standard InChI is InChI=1S/C25H26N2O4S/c1-18-8-7-12-22(14-18)32(29,30)27-17-21-11-4-3-9-19(21)15-23(27)25(28)26-16-20-10-5-6-13-24(20)31-2/h3-14,23H,15-17H2,1-2H3,(H,26,28)/t23-/m1/s1. The van der Waals surface area contributed by atoms with Gasteiger partial charge in [-0.15, -0.1) is 0 Å². The number of benzene rings is 3. The molecule has 1 heterocycles. The molecule has 0 unspecified atom stereocenters. The largest absolute Gasteiger partial charge is 0.496 e. The molecule has 4 rings (SSSR count). The van der Waals surface area contributed by atoms with Crippen molar-refractivity contribution in [2.45, 2.75) is 37.4 Å². The summed E-state index contributed by atoms with van der Waals surface area (Å²) in [4.78, 5) is 13.5. The van der Waals surface area contributed by atoms with Gasteiger partial charge in [-0.1, -0.05) is 54.6 Å². The molecule has 0 saturated carbocycles. The van der Waals surface area contributed by atoms with E-state index in [1.165, 1.54) is 4.31 Å². The first-order chi connectivity index (χ1) is 15.4. The SMILES string of the molecule is COc1ccccc1CNC(=O)[C@H]1Cc2ccccc2CN1S(=O)(=O)c1cccc(C)c1. The number of ether oxygens (including phenoxy) is 1. The molecule has 1 N–H and O–H groups in total. The molecule has 32 heavy (non-hydrogen) atoms. The lowest BCUT2D eigenvalue weighted by Gasteiger charge is -2.35. The van der Waals surface area contributed by atoms with Gasteiger partial charge in [0.15, 0.2) is 0 Å². The zero-order valence-electron chi connectivity index (χ0n) is 18.1. The monoisotopic (exact) mass is 450 g/mol. The fraction of sp³-hybridized carbons (Fsp3) is 0.240. The molecular weight excluding hydrogens is 424 g/mol. The van der Waals surface area contributed by atoms with Crippen molar-refractivity contribution in [2.24, 2.45) is 0 Å². The number of fused-ring (bicyclic) bond motifs is 1. The van der Waals surface area contributed by atoms with Crippen LogP contribution in [0.2, 0.25) is 0 Å². The minimum absolute atomic E-state index is 0.152. The van der Waals surface area contributed by atoms with E-state index in [1.54, 1.807) is 25.3 Å². The molecule has 0 bridgehead atoms. The predicted molar refractivity (Wildman–Crippen MR) is 123 cm³/mol. The van der Waals surface area contributed by atoms with Crippen molar-refractivity contribution in [1.82, 2.24) is 9.62 Å². The molecule has 1 amide bonds. The quantitative estimate of drug-likeness (QED) is 0.624. The summed E-state index contributed by atoms with van der Waals surface area (Å²) < 4.78 is 33.8. The molecule has 0 aromatic heterocycles. The van der Waals surface area contributed by atoms with Crippen LogP contribution in [0.25, 0.3) is 0 Å². The number of rotatable bonds is 6. The highest BCUT2D eigenvalue weighted by atomic mass is 32.2. The molecule has 3 aromatic rings. The summed E-state index contributed by atoms with van der Waals surface area (Å²) in [7, 11) is -2.29. The second-order valence-corrected chi connectivity index (χ2v) is 9.78. The van der Waals surface area contributed by atoms with E-state index in [1.807, 2.05) is 61.5 Å². The van der Waals surface area contributed by atoms with Gasteiger partial charge in [0.2, 0.25) is 15.9 Å². The lowest BCUT2D eigenvalue weighted by molar-refractivity contribution is -0.125. The third-order valence-electron chi connectivity index (χ3n) is 5.75. The maximum Gasteiger partial charge on any atom is 0.244 e. The predicted octanol–water partition coefficient (Wildman–Crippen LogP) is 3.44. The number of carbonyl (C=O) groups excluding carboxylic acids is 1. The molecule has 0 radical (unpaired) electrons. The highest BCUT2D eigenvalue weighted by Gasteiger charge is 2.39. The van der Waals surface area contributed by atoms with Crippen molar-refractivity contribution < 1.29 is 17.9 Å². The first-order valence-corrected chi connectivity index (χ1v) is 11.9. The minimum atomic E-state index is -3.87. The van der Waals surface area contributed by atoms with Crippen LogP contribution < -0.4 is 10.1 Å². The smallest absolute Gasteiger partial charge is 0.244 e. The van der Waals surface area contributed by atoms with Crippen LogP contribution in [-0.2, 0) is 34.3 Å². The van der Waals surface area contributed by atoms with Gasteiger partial charge in [0.05, 0.1) is 12.0 Å². The lowest BCUT2D eigenvalue weighted by atomic mass is 9.95. The molecular formula is C25H26N2O4S. The molecule has 3 aromatic carbocycles. The number of nitrogens with zero attached hydrogens (tertiary/aromatic N) is 1. The molecule has 0 saturated heterocycles. The van der Waals surface area contributed by atoms with Gasteiger partial charge >= 0.3 is 0 Å². The third kappa shape index (κ3) is 4.40. The van der Waals surface area contributed by atoms with E-state index in [4.69, 9.17) is 4.74 Å². The number of sulfonamides is 1. The highest BCUT2D eigenvalue weighted by molar-refractivity contribution is 7.89. The van der Waals surface area contributed by atoms with Crippen LogP contribution in [0.1, 0.15) is 22.3 Å². The number of aryl methyl sites for hydroxylation is 1. The average molecular weight is 451 g/mol. The van der Waals surface area contributed by atoms with Gasteiger partial charge in [-0.2, -0.15) is 4.31 Å². The lowest BCUT2D eigenvalue weighted by Crippen LogP contribution is -2.52. The molecule has 0 spiro atoms. The summed E-state index contributed by atoms with van der Waals surface area (Å²) in [6.45, 7) is 2.25. The zero-order chi connectivity index (χ0) is 22.7. The van der Waals surface area contributed by atoms with E-state index in [-0.39, 0.29) is 23.9 Å². The van der Waals surface area contributed by atoms with Gasteiger partial charge < -0.3 is 10.1 Å². The van der Waals surface area contributed by atoms with Crippen molar-refractivity contribution in [3.8, 4) is 5.75 Å². The molecule has 1 aliphatic rings. The Morgan fingerprint density at radius 2 is 1.75 bits per heavy atom. The van der Waals surface area contributed by atoms with Crippen molar-refractivity contribution in [1.29, 1.82) is 0 Å². The van der Waals surface area contributed by atoms with Crippen LogP contribution >= 0.6 is 0 Å². The normalized spacial score (nSPS) is 16.2. The summed E-state index contributed by atoms with van der Waals surface area (Å²) in [6.07, 6.45) is 0.318. The van der Waals surface area contributed by atoms with Gasteiger partial charge in [0.1, 0.15) is 11.8 Å². The van der Waals surface area contributed by atoms with Gasteiger partial charge in [-0.3, -0.25) is 4.79 Å². The molecule has 1 atom stereocenters. The Labute approximate surface area is 188 Å². The number of nitrogens with one attached hydrogen (secondary N) is 1. The van der Waals surface area contributed by atoms with E-state index in [2.05, 4.69) is 5.32 Å². The fourth-order valence-electron chi connectivity index (χ4n) is 4.04. The summed E-state index contributed by atoms with van der Waals surface area (Å²) in [5, 5.41) is 2.91. The Morgan fingerprint density at radius 3 is 2.50 bits per heavy atom. The second-order valence-electron chi connectivity index (χ2n) is 7.89. The number of methoxy groups -OCH3 is 1.